The Labute approximate surface area is 116 Å². The number of aryl methyl sites for hydroxylation is 2. The van der Waals surface area contributed by atoms with Crippen molar-refractivity contribution in [3.8, 4) is 6.07 Å². The van der Waals surface area contributed by atoms with E-state index in [2.05, 4.69) is 11.4 Å². The highest BCUT2D eigenvalue weighted by atomic mass is 16.4. The van der Waals surface area contributed by atoms with E-state index in [1.165, 1.54) is 6.07 Å². The van der Waals surface area contributed by atoms with Crippen LogP contribution < -0.4 is 5.32 Å². The molecule has 0 saturated carbocycles. The van der Waals surface area contributed by atoms with E-state index in [9.17, 15) is 4.79 Å². The van der Waals surface area contributed by atoms with Crippen molar-refractivity contribution in [2.24, 2.45) is 0 Å². The van der Waals surface area contributed by atoms with Gasteiger partial charge in [-0.05, 0) is 31.5 Å². The molecule has 5 nitrogen and oxygen atoms in total. The van der Waals surface area contributed by atoms with E-state index in [0.29, 0.717) is 23.6 Å². The molecule has 2 N–H and O–H groups in total. The van der Waals surface area contributed by atoms with Gasteiger partial charge in [0, 0.05) is 0 Å². The van der Waals surface area contributed by atoms with Gasteiger partial charge in [0.15, 0.2) is 0 Å². The van der Waals surface area contributed by atoms with Crippen molar-refractivity contribution in [2.75, 3.05) is 5.32 Å². The summed E-state index contributed by atoms with van der Waals surface area (Å²) in [6.07, 6.45) is 0. The summed E-state index contributed by atoms with van der Waals surface area (Å²) in [5.74, 6) is -0.113. The number of nitrogens with zero attached hydrogens (tertiary/aromatic N) is 1. The molecule has 2 aromatic rings. The SMILES string of the molecule is Cc1cccc(C#N)c1NCc1cc(C(=O)O)c(C)o1. The highest BCUT2D eigenvalue weighted by Gasteiger charge is 2.14. The van der Waals surface area contributed by atoms with E-state index >= 15 is 0 Å². The van der Waals surface area contributed by atoms with Crippen LogP contribution in [0.3, 0.4) is 0 Å². The van der Waals surface area contributed by atoms with Crippen LogP contribution in [-0.2, 0) is 6.54 Å². The first-order valence-corrected chi connectivity index (χ1v) is 6.09. The van der Waals surface area contributed by atoms with Crippen molar-refractivity contribution in [1.29, 1.82) is 5.26 Å². The summed E-state index contributed by atoms with van der Waals surface area (Å²) < 4.78 is 5.38. The Morgan fingerprint density at radius 3 is 2.80 bits per heavy atom. The molecule has 102 valence electrons. The summed E-state index contributed by atoms with van der Waals surface area (Å²) in [5.41, 5.74) is 2.39. The fraction of sp³-hybridized carbons (Fsp3) is 0.200. The summed E-state index contributed by atoms with van der Waals surface area (Å²) in [7, 11) is 0. The molecule has 0 unspecified atom stereocenters. The Hall–Kier alpha value is -2.74. The van der Waals surface area contributed by atoms with Gasteiger partial charge in [-0.25, -0.2) is 4.79 Å². The van der Waals surface area contributed by atoms with Gasteiger partial charge < -0.3 is 14.8 Å². The van der Waals surface area contributed by atoms with Crippen LogP contribution >= 0.6 is 0 Å². The molecule has 0 radical (unpaired) electrons. The van der Waals surface area contributed by atoms with E-state index in [-0.39, 0.29) is 5.56 Å². The van der Waals surface area contributed by atoms with Crippen molar-refractivity contribution in [3.05, 3.63) is 52.5 Å². The molecular formula is C15H14N2O3. The number of nitrogens with one attached hydrogen (secondary N) is 1. The second kappa shape index (κ2) is 5.49. The van der Waals surface area contributed by atoms with Gasteiger partial charge >= 0.3 is 5.97 Å². The number of aromatic carboxylic acids is 1. The smallest absolute Gasteiger partial charge is 0.339 e. The van der Waals surface area contributed by atoms with Crippen molar-refractivity contribution in [2.45, 2.75) is 20.4 Å². The number of benzene rings is 1. The first-order valence-electron chi connectivity index (χ1n) is 6.09. The standard InChI is InChI=1S/C15H14N2O3/c1-9-4-3-5-11(7-16)14(9)17-8-12-6-13(15(18)19)10(2)20-12/h3-6,17H,8H2,1-2H3,(H,18,19). The molecule has 5 heteroatoms. The third-order valence-corrected chi connectivity index (χ3v) is 3.03. The van der Waals surface area contributed by atoms with Gasteiger partial charge in [-0.15, -0.1) is 0 Å². The van der Waals surface area contributed by atoms with E-state index in [1.54, 1.807) is 13.0 Å². The van der Waals surface area contributed by atoms with Gasteiger partial charge in [-0.3, -0.25) is 0 Å². The average molecular weight is 270 g/mol. The Bertz CT molecular complexity index is 696. The van der Waals surface area contributed by atoms with E-state index < -0.39 is 5.97 Å². The number of anilines is 1. The number of rotatable bonds is 4. The number of carboxylic acid groups (broad SMARTS) is 1. The maximum atomic E-state index is 10.9. The highest BCUT2D eigenvalue weighted by molar-refractivity contribution is 5.88. The van der Waals surface area contributed by atoms with Gasteiger partial charge in [0.2, 0.25) is 0 Å². The maximum Gasteiger partial charge on any atom is 0.339 e. The average Bonchev–Trinajstić information content (AvgIpc) is 2.78. The van der Waals surface area contributed by atoms with Crippen molar-refractivity contribution >= 4 is 11.7 Å². The molecule has 1 heterocycles. The predicted octanol–water partition coefficient (Wildman–Crippen LogP) is 3.08. The molecule has 0 aliphatic rings. The van der Waals surface area contributed by atoms with Gasteiger partial charge in [-0.2, -0.15) is 5.26 Å². The zero-order valence-electron chi connectivity index (χ0n) is 11.2. The summed E-state index contributed by atoms with van der Waals surface area (Å²) in [4.78, 5) is 10.9. The zero-order valence-corrected chi connectivity index (χ0v) is 11.2. The second-order valence-electron chi connectivity index (χ2n) is 4.45. The van der Waals surface area contributed by atoms with Crippen LogP contribution in [0.15, 0.2) is 28.7 Å². The minimum atomic E-state index is -1.01. The molecule has 0 bridgehead atoms. The molecule has 20 heavy (non-hydrogen) atoms. The predicted molar refractivity (Wildman–Crippen MR) is 73.6 cm³/mol. The van der Waals surface area contributed by atoms with Gasteiger partial charge in [0.05, 0.1) is 17.8 Å². The maximum absolute atomic E-state index is 10.9. The van der Waals surface area contributed by atoms with Crippen LogP contribution in [0.25, 0.3) is 0 Å². The lowest BCUT2D eigenvalue weighted by Gasteiger charge is -2.09. The first-order chi connectivity index (χ1) is 9.52. The van der Waals surface area contributed by atoms with Crippen molar-refractivity contribution < 1.29 is 14.3 Å². The largest absolute Gasteiger partial charge is 0.478 e. The molecule has 0 fully saturated rings. The van der Waals surface area contributed by atoms with E-state index in [1.807, 2.05) is 19.1 Å². The van der Waals surface area contributed by atoms with Gasteiger partial charge in [0.25, 0.3) is 0 Å². The van der Waals surface area contributed by atoms with Crippen molar-refractivity contribution in [1.82, 2.24) is 0 Å². The Kier molecular flexibility index (Phi) is 3.76. The molecule has 0 aliphatic heterocycles. The summed E-state index contributed by atoms with van der Waals surface area (Å²) >= 11 is 0. The summed E-state index contributed by atoms with van der Waals surface area (Å²) in [5, 5.41) is 21.2. The molecular weight excluding hydrogens is 256 g/mol. The first kappa shape index (κ1) is 13.7. The lowest BCUT2D eigenvalue weighted by Crippen LogP contribution is -2.02. The van der Waals surface area contributed by atoms with Crippen LogP contribution in [0.4, 0.5) is 5.69 Å². The summed E-state index contributed by atoms with van der Waals surface area (Å²) in [6.45, 7) is 3.84. The third-order valence-electron chi connectivity index (χ3n) is 3.03. The second-order valence-corrected chi connectivity index (χ2v) is 4.45. The van der Waals surface area contributed by atoms with Crippen LogP contribution in [0, 0.1) is 25.2 Å². The Morgan fingerprint density at radius 1 is 1.45 bits per heavy atom. The topological polar surface area (TPSA) is 86.3 Å². The van der Waals surface area contributed by atoms with E-state index in [4.69, 9.17) is 14.8 Å². The summed E-state index contributed by atoms with van der Waals surface area (Å²) in [6, 6.07) is 9.06. The van der Waals surface area contributed by atoms with Crippen molar-refractivity contribution in [3.63, 3.8) is 0 Å². The number of carbonyl (C=O) groups is 1. The number of hydrogen-bond donors (Lipinski definition) is 2. The fourth-order valence-corrected chi connectivity index (χ4v) is 2.01. The quantitative estimate of drug-likeness (QED) is 0.891. The lowest BCUT2D eigenvalue weighted by atomic mass is 10.1. The number of carboxylic acids is 1. The molecule has 0 atom stereocenters. The molecule has 0 saturated heterocycles. The zero-order chi connectivity index (χ0) is 14.7. The van der Waals surface area contributed by atoms with Gasteiger partial charge in [-0.1, -0.05) is 12.1 Å². The molecule has 0 amide bonds. The molecule has 1 aromatic heterocycles. The molecule has 1 aromatic carbocycles. The van der Waals surface area contributed by atoms with Crippen LogP contribution in [0.1, 0.15) is 33.0 Å². The highest BCUT2D eigenvalue weighted by Crippen LogP contribution is 2.22. The monoisotopic (exact) mass is 270 g/mol. The lowest BCUT2D eigenvalue weighted by molar-refractivity contribution is 0.0695. The van der Waals surface area contributed by atoms with Crippen LogP contribution in [0.2, 0.25) is 0 Å². The molecule has 2 rings (SSSR count). The Balaban J connectivity index is 2.20. The number of para-hydroxylation sites is 1. The normalized spacial score (nSPS) is 10.1. The minimum absolute atomic E-state index is 0.159. The van der Waals surface area contributed by atoms with Crippen LogP contribution in [0.5, 0.6) is 0 Å². The minimum Gasteiger partial charge on any atom is -0.478 e. The van der Waals surface area contributed by atoms with E-state index in [0.717, 1.165) is 11.3 Å². The fourth-order valence-electron chi connectivity index (χ4n) is 2.01. The molecule has 0 aliphatic carbocycles. The number of nitriles is 1. The number of furan rings is 1. The molecule has 0 spiro atoms. The number of hydrogen-bond acceptors (Lipinski definition) is 4. The Morgan fingerprint density at radius 2 is 2.20 bits per heavy atom. The third kappa shape index (κ3) is 2.64. The van der Waals surface area contributed by atoms with Crippen LogP contribution in [-0.4, -0.2) is 11.1 Å². The van der Waals surface area contributed by atoms with Gasteiger partial charge in [0.1, 0.15) is 23.2 Å².